The van der Waals surface area contributed by atoms with Crippen LogP contribution in [0.4, 0.5) is 10.3 Å². The molecule has 4 aromatic rings. The summed E-state index contributed by atoms with van der Waals surface area (Å²) in [5.41, 5.74) is 6.15. The summed E-state index contributed by atoms with van der Waals surface area (Å²) in [5, 5.41) is 2.30. The van der Waals surface area contributed by atoms with Crippen molar-refractivity contribution in [2.24, 2.45) is 0 Å². The molecule has 5 rings (SSSR count). The first-order chi connectivity index (χ1) is 13.1. The van der Waals surface area contributed by atoms with Crippen molar-refractivity contribution in [3.8, 4) is 0 Å². The Labute approximate surface area is 167 Å². The molecular formula is C21H22N4S2. The summed E-state index contributed by atoms with van der Waals surface area (Å²) >= 11 is 3.62. The molecule has 1 aliphatic heterocycles. The van der Waals surface area contributed by atoms with Gasteiger partial charge in [-0.3, -0.25) is 0 Å². The Balaban J connectivity index is 1.36. The molecule has 2 aromatic heterocycles. The van der Waals surface area contributed by atoms with Gasteiger partial charge in [0.2, 0.25) is 0 Å². The fraction of sp³-hybridized carbons (Fsp3) is 0.333. The van der Waals surface area contributed by atoms with E-state index in [1.807, 2.05) is 11.3 Å². The lowest BCUT2D eigenvalue weighted by molar-refractivity contribution is 0.651. The van der Waals surface area contributed by atoms with Crippen LogP contribution in [0.1, 0.15) is 16.7 Å². The maximum absolute atomic E-state index is 4.93. The van der Waals surface area contributed by atoms with Crippen molar-refractivity contribution in [2.75, 3.05) is 36.0 Å². The van der Waals surface area contributed by atoms with Crippen molar-refractivity contribution in [3.63, 3.8) is 0 Å². The molecule has 0 N–H and O–H groups in total. The predicted molar refractivity (Wildman–Crippen MR) is 118 cm³/mol. The molecule has 27 heavy (non-hydrogen) atoms. The summed E-state index contributed by atoms with van der Waals surface area (Å²) in [4.78, 5) is 14.7. The molecule has 0 unspecified atom stereocenters. The second-order valence-corrected chi connectivity index (χ2v) is 9.34. The van der Waals surface area contributed by atoms with Crippen LogP contribution in [0, 0.1) is 20.8 Å². The van der Waals surface area contributed by atoms with Crippen LogP contribution in [0.15, 0.2) is 30.3 Å². The Morgan fingerprint density at radius 2 is 1.33 bits per heavy atom. The van der Waals surface area contributed by atoms with Crippen LogP contribution < -0.4 is 9.80 Å². The van der Waals surface area contributed by atoms with Crippen LogP contribution in [0.25, 0.3) is 20.4 Å². The van der Waals surface area contributed by atoms with E-state index in [4.69, 9.17) is 9.97 Å². The van der Waals surface area contributed by atoms with Gasteiger partial charge in [0.15, 0.2) is 10.3 Å². The van der Waals surface area contributed by atoms with Gasteiger partial charge in [0.1, 0.15) is 0 Å². The molecule has 0 bridgehead atoms. The van der Waals surface area contributed by atoms with E-state index in [9.17, 15) is 0 Å². The first kappa shape index (κ1) is 17.0. The molecule has 1 aliphatic rings. The lowest BCUT2D eigenvalue weighted by Gasteiger charge is -2.34. The molecule has 2 aromatic carbocycles. The molecular weight excluding hydrogens is 372 g/mol. The highest BCUT2D eigenvalue weighted by molar-refractivity contribution is 7.22. The number of benzene rings is 2. The van der Waals surface area contributed by atoms with Crippen molar-refractivity contribution in [1.29, 1.82) is 0 Å². The molecule has 138 valence electrons. The average Bonchev–Trinajstić information content (AvgIpc) is 3.27. The summed E-state index contributed by atoms with van der Waals surface area (Å²) in [7, 11) is 0. The van der Waals surface area contributed by atoms with E-state index in [-0.39, 0.29) is 0 Å². The SMILES string of the molecule is Cc1cc(C)c2nc(N3CCN(c4nc5c(C)cccc5s4)CC3)sc2c1. The van der Waals surface area contributed by atoms with Crippen molar-refractivity contribution in [2.45, 2.75) is 20.8 Å². The smallest absolute Gasteiger partial charge is 0.186 e. The number of fused-ring (bicyclic) bond motifs is 2. The zero-order valence-corrected chi connectivity index (χ0v) is 17.5. The number of rotatable bonds is 2. The van der Waals surface area contributed by atoms with Crippen molar-refractivity contribution >= 4 is 53.4 Å². The Morgan fingerprint density at radius 1 is 0.741 bits per heavy atom. The summed E-state index contributed by atoms with van der Waals surface area (Å²) in [6.45, 7) is 10.4. The minimum atomic E-state index is 0.993. The number of aromatic nitrogens is 2. The van der Waals surface area contributed by atoms with E-state index in [1.54, 1.807) is 11.3 Å². The van der Waals surface area contributed by atoms with Crippen LogP contribution in [0.3, 0.4) is 0 Å². The molecule has 0 radical (unpaired) electrons. The largest absolute Gasteiger partial charge is 0.345 e. The molecule has 0 spiro atoms. The molecule has 0 amide bonds. The highest BCUT2D eigenvalue weighted by Gasteiger charge is 2.22. The van der Waals surface area contributed by atoms with Crippen LogP contribution in [0.5, 0.6) is 0 Å². The van der Waals surface area contributed by atoms with Crippen molar-refractivity contribution in [1.82, 2.24) is 9.97 Å². The van der Waals surface area contributed by atoms with E-state index >= 15 is 0 Å². The van der Waals surface area contributed by atoms with E-state index < -0.39 is 0 Å². The van der Waals surface area contributed by atoms with Gasteiger partial charge < -0.3 is 9.80 Å². The highest BCUT2D eigenvalue weighted by atomic mass is 32.1. The summed E-state index contributed by atoms with van der Waals surface area (Å²) in [6, 6.07) is 10.9. The van der Waals surface area contributed by atoms with E-state index in [2.05, 4.69) is 60.9 Å². The maximum Gasteiger partial charge on any atom is 0.186 e. The van der Waals surface area contributed by atoms with Gasteiger partial charge in [0.25, 0.3) is 0 Å². The standard InChI is InChI=1S/C21H22N4S2/c1-13-11-15(3)19-17(12-13)27-21(23-19)25-9-7-24(8-10-25)20-22-18-14(2)5-4-6-16(18)26-20/h4-6,11-12H,7-10H2,1-3H3. The predicted octanol–water partition coefficient (Wildman–Crippen LogP) is 5.16. The third-order valence-electron chi connectivity index (χ3n) is 5.25. The second kappa shape index (κ2) is 6.46. The minimum Gasteiger partial charge on any atom is -0.345 e. The molecule has 1 saturated heterocycles. The number of nitrogens with zero attached hydrogens (tertiary/aromatic N) is 4. The maximum atomic E-state index is 4.93. The molecule has 1 fully saturated rings. The Morgan fingerprint density at radius 3 is 1.96 bits per heavy atom. The lowest BCUT2D eigenvalue weighted by atomic mass is 10.1. The van der Waals surface area contributed by atoms with E-state index in [0.29, 0.717) is 0 Å². The number of thiazole rings is 2. The summed E-state index contributed by atoms with van der Waals surface area (Å²) in [6.07, 6.45) is 0. The number of piperazine rings is 1. The van der Waals surface area contributed by atoms with Gasteiger partial charge in [0.05, 0.1) is 20.4 Å². The first-order valence-electron chi connectivity index (χ1n) is 9.32. The molecule has 0 atom stereocenters. The Hall–Kier alpha value is -2.18. The zero-order chi connectivity index (χ0) is 18.5. The summed E-state index contributed by atoms with van der Waals surface area (Å²) < 4.78 is 2.58. The van der Waals surface area contributed by atoms with E-state index in [0.717, 1.165) is 47.5 Å². The van der Waals surface area contributed by atoms with Gasteiger partial charge in [-0.2, -0.15) is 0 Å². The number of hydrogen-bond donors (Lipinski definition) is 0. The third kappa shape index (κ3) is 2.97. The third-order valence-corrected chi connectivity index (χ3v) is 7.39. The number of para-hydroxylation sites is 1. The van der Waals surface area contributed by atoms with Crippen LogP contribution in [-0.4, -0.2) is 36.1 Å². The molecule has 0 aliphatic carbocycles. The molecule has 6 heteroatoms. The van der Waals surface area contributed by atoms with Crippen molar-refractivity contribution < 1.29 is 0 Å². The molecule has 4 nitrogen and oxygen atoms in total. The molecule has 0 saturated carbocycles. The zero-order valence-electron chi connectivity index (χ0n) is 15.8. The first-order valence-corrected chi connectivity index (χ1v) is 11.0. The van der Waals surface area contributed by atoms with Gasteiger partial charge in [-0.05, 0) is 49.6 Å². The van der Waals surface area contributed by atoms with Gasteiger partial charge in [-0.25, -0.2) is 9.97 Å². The fourth-order valence-electron chi connectivity index (χ4n) is 3.79. The Bertz CT molecular complexity index is 1140. The quantitative estimate of drug-likeness (QED) is 0.470. The van der Waals surface area contributed by atoms with E-state index in [1.165, 1.54) is 26.1 Å². The van der Waals surface area contributed by atoms with Crippen LogP contribution >= 0.6 is 22.7 Å². The molecule has 3 heterocycles. The number of aryl methyl sites for hydroxylation is 3. The van der Waals surface area contributed by atoms with Gasteiger partial charge >= 0.3 is 0 Å². The fourth-order valence-corrected chi connectivity index (χ4v) is 6.08. The summed E-state index contributed by atoms with van der Waals surface area (Å²) in [5.74, 6) is 0. The second-order valence-electron chi connectivity index (χ2n) is 7.32. The Kier molecular flexibility index (Phi) is 4.06. The van der Waals surface area contributed by atoms with Gasteiger partial charge in [-0.15, -0.1) is 0 Å². The van der Waals surface area contributed by atoms with Crippen LogP contribution in [-0.2, 0) is 0 Å². The highest BCUT2D eigenvalue weighted by Crippen LogP contribution is 2.34. The van der Waals surface area contributed by atoms with Crippen LogP contribution in [0.2, 0.25) is 0 Å². The lowest BCUT2D eigenvalue weighted by Crippen LogP contribution is -2.46. The number of hydrogen-bond acceptors (Lipinski definition) is 6. The minimum absolute atomic E-state index is 0.993. The normalized spacial score (nSPS) is 15.2. The van der Waals surface area contributed by atoms with Crippen molar-refractivity contribution in [3.05, 3.63) is 47.0 Å². The number of anilines is 2. The average molecular weight is 395 g/mol. The van der Waals surface area contributed by atoms with Gasteiger partial charge in [0, 0.05) is 26.2 Å². The van der Waals surface area contributed by atoms with Gasteiger partial charge in [-0.1, -0.05) is 40.9 Å². The topological polar surface area (TPSA) is 32.3 Å². The monoisotopic (exact) mass is 394 g/mol.